The van der Waals surface area contributed by atoms with E-state index in [9.17, 15) is 4.39 Å². The standard InChI is InChI=1S/C10H10ClFN4S/c11-7-3-6(1-2-8(7)12)4-9(15-13)10-5-14-16-17-10/h1-3,5,9,15H,4,13H2. The summed E-state index contributed by atoms with van der Waals surface area (Å²) in [6.45, 7) is 0. The number of nitrogens with two attached hydrogens (primary N) is 1. The summed E-state index contributed by atoms with van der Waals surface area (Å²) in [5, 5.41) is 3.86. The molecule has 1 aromatic carbocycles. The van der Waals surface area contributed by atoms with Crippen LogP contribution in [0.3, 0.4) is 0 Å². The predicted octanol–water partition coefficient (Wildman–Crippen LogP) is 2.08. The number of nitrogens with zero attached hydrogens (tertiary/aromatic N) is 2. The maximum absolute atomic E-state index is 13.0. The summed E-state index contributed by atoms with van der Waals surface area (Å²) in [5.74, 6) is 5.05. The average Bonchev–Trinajstić information content (AvgIpc) is 2.84. The first-order chi connectivity index (χ1) is 8.20. The summed E-state index contributed by atoms with van der Waals surface area (Å²) < 4.78 is 16.8. The molecule has 3 N–H and O–H groups in total. The normalized spacial score (nSPS) is 12.6. The zero-order chi connectivity index (χ0) is 12.3. The maximum atomic E-state index is 13.0. The molecule has 0 bridgehead atoms. The van der Waals surface area contributed by atoms with Gasteiger partial charge in [0.2, 0.25) is 0 Å². The molecule has 0 amide bonds. The number of aromatic nitrogens is 2. The predicted molar refractivity (Wildman–Crippen MR) is 65.1 cm³/mol. The van der Waals surface area contributed by atoms with E-state index in [0.717, 1.165) is 10.4 Å². The van der Waals surface area contributed by atoms with Gasteiger partial charge in [-0.05, 0) is 35.6 Å². The molecule has 0 spiro atoms. The van der Waals surface area contributed by atoms with Crippen molar-refractivity contribution in [3.8, 4) is 0 Å². The molecule has 90 valence electrons. The fourth-order valence-corrected chi connectivity index (χ4v) is 2.24. The van der Waals surface area contributed by atoms with Gasteiger partial charge in [-0.2, -0.15) is 0 Å². The lowest BCUT2D eigenvalue weighted by Gasteiger charge is -2.13. The Balaban J connectivity index is 2.16. The van der Waals surface area contributed by atoms with Gasteiger partial charge in [0, 0.05) is 0 Å². The van der Waals surface area contributed by atoms with Gasteiger partial charge in [-0.15, -0.1) is 5.10 Å². The molecule has 1 heterocycles. The van der Waals surface area contributed by atoms with Crippen LogP contribution in [0.5, 0.6) is 0 Å². The first-order valence-corrected chi connectivity index (χ1v) is 6.03. The van der Waals surface area contributed by atoms with Gasteiger partial charge in [0.1, 0.15) is 5.82 Å². The third-order valence-corrected chi connectivity index (χ3v) is 3.41. The van der Waals surface area contributed by atoms with E-state index in [0.29, 0.717) is 6.42 Å². The molecular formula is C10H10ClFN4S. The van der Waals surface area contributed by atoms with Crippen molar-refractivity contribution >= 4 is 23.1 Å². The Hall–Kier alpha value is -1.08. The number of benzene rings is 1. The highest BCUT2D eigenvalue weighted by atomic mass is 35.5. The largest absolute Gasteiger partial charge is 0.271 e. The van der Waals surface area contributed by atoms with Crippen molar-refractivity contribution in [2.75, 3.05) is 0 Å². The molecule has 0 aliphatic rings. The number of hydrogen-bond donors (Lipinski definition) is 2. The minimum atomic E-state index is -0.424. The number of rotatable bonds is 4. The van der Waals surface area contributed by atoms with E-state index >= 15 is 0 Å². The molecule has 7 heteroatoms. The second kappa shape index (κ2) is 5.50. The van der Waals surface area contributed by atoms with Gasteiger partial charge >= 0.3 is 0 Å². The molecule has 1 aromatic heterocycles. The Morgan fingerprint density at radius 2 is 2.35 bits per heavy atom. The number of hydrazine groups is 1. The topological polar surface area (TPSA) is 63.8 Å². The van der Waals surface area contributed by atoms with Crippen LogP contribution in [0.4, 0.5) is 4.39 Å². The van der Waals surface area contributed by atoms with Crippen molar-refractivity contribution < 1.29 is 4.39 Å². The Morgan fingerprint density at radius 1 is 1.53 bits per heavy atom. The summed E-state index contributed by atoms with van der Waals surface area (Å²) in [6, 6.07) is 4.52. The summed E-state index contributed by atoms with van der Waals surface area (Å²) >= 11 is 6.99. The molecule has 0 radical (unpaired) electrons. The van der Waals surface area contributed by atoms with E-state index in [1.165, 1.54) is 17.6 Å². The highest BCUT2D eigenvalue weighted by Crippen LogP contribution is 2.22. The van der Waals surface area contributed by atoms with Gasteiger partial charge < -0.3 is 0 Å². The third-order valence-electron chi connectivity index (χ3n) is 2.35. The molecule has 0 aliphatic heterocycles. The van der Waals surface area contributed by atoms with E-state index in [1.807, 2.05) is 0 Å². The van der Waals surface area contributed by atoms with Crippen LogP contribution in [0.1, 0.15) is 16.5 Å². The van der Waals surface area contributed by atoms with Crippen LogP contribution in [-0.4, -0.2) is 9.59 Å². The summed E-state index contributed by atoms with van der Waals surface area (Å²) in [4.78, 5) is 0.924. The molecule has 0 saturated carbocycles. The van der Waals surface area contributed by atoms with Crippen LogP contribution in [0.25, 0.3) is 0 Å². The quantitative estimate of drug-likeness (QED) is 0.661. The van der Waals surface area contributed by atoms with Crippen molar-refractivity contribution in [2.24, 2.45) is 5.84 Å². The monoisotopic (exact) mass is 272 g/mol. The molecule has 0 aliphatic carbocycles. The highest BCUT2D eigenvalue weighted by Gasteiger charge is 2.13. The van der Waals surface area contributed by atoms with Crippen molar-refractivity contribution in [2.45, 2.75) is 12.5 Å². The molecular weight excluding hydrogens is 263 g/mol. The molecule has 2 rings (SSSR count). The van der Waals surface area contributed by atoms with Crippen LogP contribution in [0.2, 0.25) is 5.02 Å². The van der Waals surface area contributed by atoms with Crippen LogP contribution in [-0.2, 0) is 6.42 Å². The van der Waals surface area contributed by atoms with Crippen molar-refractivity contribution in [1.29, 1.82) is 0 Å². The highest BCUT2D eigenvalue weighted by molar-refractivity contribution is 7.05. The molecule has 0 saturated heterocycles. The number of nitrogens with one attached hydrogen (secondary N) is 1. The van der Waals surface area contributed by atoms with Gasteiger partial charge in [-0.3, -0.25) is 11.3 Å². The van der Waals surface area contributed by atoms with E-state index in [4.69, 9.17) is 17.4 Å². The summed E-state index contributed by atoms with van der Waals surface area (Å²) in [7, 11) is 0. The second-order valence-corrected chi connectivity index (χ2v) is 4.72. The van der Waals surface area contributed by atoms with Crippen LogP contribution in [0, 0.1) is 5.82 Å². The lowest BCUT2D eigenvalue weighted by atomic mass is 10.1. The van der Waals surface area contributed by atoms with Gasteiger partial charge in [0.25, 0.3) is 0 Å². The fourth-order valence-electron chi connectivity index (χ4n) is 1.47. The SMILES string of the molecule is NNC(Cc1ccc(F)c(Cl)c1)c1cnns1. The molecule has 1 unspecified atom stereocenters. The molecule has 17 heavy (non-hydrogen) atoms. The van der Waals surface area contributed by atoms with Gasteiger partial charge in [-0.1, -0.05) is 22.2 Å². The smallest absolute Gasteiger partial charge is 0.141 e. The maximum Gasteiger partial charge on any atom is 0.141 e. The van der Waals surface area contributed by atoms with Crippen LogP contribution < -0.4 is 11.3 Å². The first-order valence-electron chi connectivity index (χ1n) is 4.88. The van der Waals surface area contributed by atoms with E-state index in [1.54, 1.807) is 18.3 Å². The second-order valence-electron chi connectivity index (χ2n) is 3.49. The molecule has 4 nitrogen and oxygen atoms in total. The fraction of sp³-hybridized carbons (Fsp3) is 0.200. The van der Waals surface area contributed by atoms with Crippen molar-refractivity contribution in [1.82, 2.24) is 15.0 Å². The van der Waals surface area contributed by atoms with Crippen molar-refractivity contribution in [3.05, 3.63) is 45.7 Å². The Kier molecular flexibility index (Phi) is 4.01. The minimum absolute atomic E-state index is 0.100. The van der Waals surface area contributed by atoms with Crippen molar-refractivity contribution in [3.63, 3.8) is 0 Å². The Morgan fingerprint density at radius 3 is 2.94 bits per heavy atom. The molecule has 1 atom stereocenters. The van der Waals surface area contributed by atoms with Crippen LogP contribution in [0.15, 0.2) is 24.4 Å². The lowest BCUT2D eigenvalue weighted by molar-refractivity contribution is 0.558. The lowest BCUT2D eigenvalue weighted by Crippen LogP contribution is -2.29. The number of halogens is 2. The van der Waals surface area contributed by atoms with E-state index in [-0.39, 0.29) is 11.1 Å². The van der Waals surface area contributed by atoms with Crippen LogP contribution >= 0.6 is 23.1 Å². The van der Waals surface area contributed by atoms with Gasteiger partial charge in [0.05, 0.1) is 22.1 Å². The van der Waals surface area contributed by atoms with Gasteiger partial charge in [0.15, 0.2) is 0 Å². The summed E-state index contributed by atoms with van der Waals surface area (Å²) in [5.41, 5.74) is 3.58. The summed E-state index contributed by atoms with van der Waals surface area (Å²) in [6.07, 6.45) is 2.25. The van der Waals surface area contributed by atoms with E-state index in [2.05, 4.69) is 15.0 Å². The minimum Gasteiger partial charge on any atom is -0.271 e. The first kappa shape index (κ1) is 12.4. The Bertz CT molecular complexity index is 491. The molecule has 2 aromatic rings. The zero-order valence-corrected chi connectivity index (χ0v) is 10.3. The Labute approximate surface area is 107 Å². The average molecular weight is 273 g/mol. The third kappa shape index (κ3) is 2.98. The number of hydrogen-bond acceptors (Lipinski definition) is 5. The zero-order valence-electron chi connectivity index (χ0n) is 8.73. The van der Waals surface area contributed by atoms with E-state index < -0.39 is 5.82 Å². The molecule has 0 fully saturated rings. The van der Waals surface area contributed by atoms with Gasteiger partial charge in [-0.25, -0.2) is 4.39 Å².